The molecule has 20 heavy (non-hydrogen) atoms. The Morgan fingerprint density at radius 2 is 2.30 bits per heavy atom. The Balaban J connectivity index is 2.18. The average Bonchev–Trinajstić information content (AvgIpc) is 2.85. The summed E-state index contributed by atoms with van der Waals surface area (Å²) in [6, 6.07) is 6.29. The van der Waals surface area contributed by atoms with Crippen LogP contribution in [0.25, 0.3) is 0 Å². The van der Waals surface area contributed by atoms with E-state index in [4.69, 9.17) is 29.6 Å². The standard InChI is InChI=1S/C15H22ClN3S/c1-3-19-8-4-5-12(19)10-18(2)14-9-11(16)6-7-13(14)15(17)20/h6-7,9,12H,3-5,8,10H2,1-2H3,(H2,17,20). The highest BCUT2D eigenvalue weighted by Gasteiger charge is 2.25. The molecule has 2 N–H and O–H groups in total. The van der Waals surface area contributed by atoms with Crippen LogP contribution in [0.2, 0.25) is 5.02 Å². The first-order valence-corrected chi connectivity index (χ1v) is 7.86. The third-order valence-electron chi connectivity index (χ3n) is 4.03. The number of hydrogen-bond acceptors (Lipinski definition) is 3. The van der Waals surface area contributed by atoms with Gasteiger partial charge in [0.05, 0.1) is 0 Å². The minimum Gasteiger partial charge on any atom is -0.389 e. The van der Waals surface area contributed by atoms with Gasteiger partial charge in [-0.3, -0.25) is 4.90 Å². The molecule has 0 radical (unpaired) electrons. The lowest BCUT2D eigenvalue weighted by atomic mass is 10.1. The van der Waals surface area contributed by atoms with Gasteiger partial charge in [0.15, 0.2) is 0 Å². The fraction of sp³-hybridized carbons (Fsp3) is 0.533. The maximum Gasteiger partial charge on any atom is 0.106 e. The van der Waals surface area contributed by atoms with E-state index >= 15 is 0 Å². The van der Waals surface area contributed by atoms with Crippen LogP contribution in [-0.2, 0) is 0 Å². The van der Waals surface area contributed by atoms with Crippen molar-refractivity contribution >= 4 is 34.5 Å². The summed E-state index contributed by atoms with van der Waals surface area (Å²) in [6.45, 7) is 5.50. The normalized spacial score (nSPS) is 19.2. The van der Waals surface area contributed by atoms with Crippen molar-refractivity contribution in [1.29, 1.82) is 0 Å². The molecule has 1 aromatic rings. The lowest BCUT2D eigenvalue weighted by molar-refractivity contribution is 0.270. The van der Waals surface area contributed by atoms with Crippen molar-refractivity contribution in [3.05, 3.63) is 28.8 Å². The molecule has 0 spiro atoms. The molecule has 1 heterocycles. The number of halogens is 1. The van der Waals surface area contributed by atoms with Crippen LogP contribution in [0.3, 0.4) is 0 Å². The predicted molar refractivity (Wildman–Crippen MR) is 90.9 cm³/mol. The second-order valence-electron chi connectivity index (χ2n) is 5.33. The summed E-state index contributed by atoms with van der Waals surface area (Å²) in [5.74, 6) is 0. The van der Waals surface area contributed by atoms with Gasteiger partial charge in [-0.15, -0.1) is 0 Å². The highest BCUT2D eigenvalue weighted by molar-refractivity contribution is 7.80. The van der Waals surface area contributed by atoms with E-state index in [0.29, 0.717) is 16.1 Å². The van der Waals surface area contributed by atoms with E-state index in [9.17, 15) is 0 Å². The molecule has 5 heteroatoms. The van der Waals surface area contributed by atoms with E-state index in [1.807, 2.05) is 18.2 Å². The van der Waals surface area contributed by atoms with Gasteiger partial charge in [0, 0.05) is 35.9 Å². The summed E-state index contributed by atoms with van der Waals surface area (Å²) in [5, 5.41) is 0.714. The Morgan fingerprint density at radius 1 is 1.55 bits per heavy atom. The molecule has 110 valence electrons. The zero-order valence-corrected chi connectivity index (χ0v) is 13.7. The van der Waals surface area contributed by atoms with Gasteiger partial charge in [0.1, 0.15) is 4.99 Å². The maximum absolute atomic E-state index is 6.12. The molecular weight excluding hydrogens is 290 g/mol. The van der Waals surface area contributed by atoms with Gasteiger partial charge in [-0.2, -0.15) is 0 Å². The molecule has 1 aliphatic rings. The molecule has 1 atom stereocenters. The van der Waals surface area contributed by atoms with Crippen molar-refractivity contribution < 1.29 is 0 Å². The largest absolute Gasteiger partial charge is 0.389 e. The number of nitrogens with two attached hydrogens (primary N) is 1. The molecule has 0 saturated carbocycles. The van der Waals surface area contributed by atoms with Crippen molar-refractivity contribution in [2.45, 2.75) is 25.8 Å². The van der Waals surface area contributed by atoms with Crippen LogP contribution in [0, 0.1) is 0 Å². The fourth-order valence-corrected chi connectivity index (χ4v) is 3.30. The van der Waals surface area contributed by atoms with Crippen molar-refractivity contribution in [1.82, 2.24) is 4.90 Å². The molecular formula is C15H22ClN3S. The molecule has 2 rings (SSSR count). The van der Waals surface area contributed by atoms with Gasteiger partial charge in [-0.25, -0.2) is 0 Å². The summed E-state index contributed by atoms with van der Waals surface area (Å²) >= 11 is 11.3. The predicted octanol–water partition coefficient (Wildman–Crippen LogP) is 2.89. The summed E-state index contributed by atoms with van der Waals surface area (Å²) in [4.78, 5) is 5.17. The number of likely N-dealkylation sites (N-methyl/N-ethyl adjacent to an activating group) is 2. The highest BCUT2D eigenvalue weighted by Crippen LogP contribution is 2.26. The van der Waals surface area contributed by atoms with Crippen LogP contribution < -0.4 is 10.6 Å². The molecule has 1 aromatic carbocycles. The number of nitrogens with zero attached hydrogens (tertiary/aromatic N) is 2. The molecule has 1 saturated heterocycles. The highest BCUT2D eigenvalue weighted by atomic mass is 35.5. The van der Waals surface area contributed by atoms with Crippen molar-refractivity contribution in [3.8, 4) is 0 Å². The summed E-state index contributed by atoms with van der Waals surface area (Å²) < 4.78 is 0. The van der Waals surface area contributed by atoms with Crippen LogP contribution in [0.1, 0.15) is 25.3 Å². The van der Waals surface area contributed by atoms with Gasteiger partial charge in [0.25, 0.3) is 0 Å². The van der Waals surface area contributed by atoms with Crippen LogP contribution in [0.15, 0.2) is 18.2 Å². The van der Waals surface area contributed by atoms with Crippen LogP contribution >= 0.6 is 23.8 Å². The van der Waals surface area contributed by atoms with E-state index in [-0.39, 0.29) is 0 Å². The Morgan fingerprint density at radius 3 is 2.95 bits per heavy atom. The number of benzene rings is 1. The topological polar surface area (TPSA) is 32.5 Å². The Bertz CT molecular complexity index is 492. The van der Waals surface area contributed by atoms with Crippen LogP contribution in [0.4, 0.5) is 5.69 Å². The lowest BCUT2D eigenvalue weighted by Gasteiger charge is -2.30. The molecule has 0 amide bonds. The van der Waals surface area contributed by atoms with Gasteiger partial charge in [-0.05, 0) is 44.1 Å². The molecule has 1 aliphatic heterocycles. The average molecular weight is 312 g/mol. The second-order valence-corrected chi connectivity index (χ2v) is 6.21. The SMILES string of the molecule is CCN1CCCC1CN(C)c1cc(Cl)ccc1C(N)=S. The zero-order valence-electron chi connectivity index (χ0n) is 12.1. The molecule has 0 aromatic heterocycles. The Labute approximate surface area is 131 Å². The van der Waals surface area contributed by atoms with Gasteiger partial charge in [0.2, 0.25) is 0 Å². The first kappa shape index (κ1) is 15.5. The van der Waals surface area contributed by atoms with Gasteiger partial charge < -0.3 is 10.6 Å². The van der Waals surface area contributed by atoms with Gasteiger partial charge in [-0.1, -0.05) is 30.7 Å². The maximum atomic E-state index is 6.12. The minimum absolute atomic E-state index is 0.419. The smallest absolute Gasteiger partial charge is 0.106 e. The molecule has 0 bridgehead atoms. The minimum atomic E-state index is 0.419. The third kappa shape index (κ3) is 3.43. The molecule has 1 fully saturated rings. The van der Waals surface area contributed by atoms with Crippen LogP contribution in [0.5, 0.6) is 0 Å². The van der Waals surface area contributed by atoms with E-state index in [1.165, 1.54) is 19.4 Å². The number of rotatable bonds is 5. The van der Waals surface area contributed by atoms with Crippen molar-refractivity contribution in [2.24, 2.45) is 5.73 Å². The molecule has 3 nitrogen and oxygen atoms in total. The first-order valence-electron chi connectivity index (χ1n) is 7.07. The summed E-state index contributed by atoms with van der Waals surface area (Å²) in [6.07, 6.45) is 2.53. The Hall–Kier alpha value is -0.840. The van der Waals surface area contributed by atoms with Crippen LogP contribution in [-0.4, -0.2) is 42.6 Å². The van der Waals surface area contributed by atoms with Gasteiger partial charge >= 0.3 is 0 Å². The quantitative estimate of drug-likeness (QED) is 0.848. The van der Waals surface area contributed by atoms with E-state index in [1.54, 1.807) is 0 Å². The lowest BCUT2D eigenvalue weighted by Crippen LogP contribution is -2.39. The number of thiocarbonyl (C=S) groups is 1. The van der Waals surface area contributed by atoms with E-state index in [2.05, 4.69) is 23.8 Å². The second kappa shape index (κ2) is 6.74. The third-order valence-corrected chi connectivity index (χ3v) is 4.48. The van der Waals surface area contributed by atoms with Crippen molar-refractivity contribution in [2.75, 3.05) is 31.6 Å². The zero-order chi connectivity index (χ0) is 14.7. The van der Waals surface area contributed by atoms with Crippen molar-refractivity contribution in [3.63, 3.8) is 0 Å². The fourth-order valence-electron chi connectivity index (χ4n) is 2.96. The van der Waals surface area contributed by atoms with E-state index in [0.717, 1.165) is 24.3 Å². The first-order chi connectivity index (χ1) is 9.52. The van der Waals surface area contributed by atoms with E-state index < -0.39 is 0 Å². The summed E-state index contributed by atoms with van der Waals surface area (Å²) in [7, 11) is 2.08. The summed E-state index contributed by atoms with van der Waals surface area (Å²) in [5.41, 5.74) is 7.73. The molecule has 1 unspecified atom stereocenters. The number of hydrogen-bond donors (Lipinski definition) is 1. The Kier molecular flexibility index (Phi) is 5.24. The number of anilines is 1. The molecule has 0 aliphatic carbocycles. The monoisotopic (exact) mass is 311 g/mol. The number of likely N-dealkylation sites (tertiary alicyclic amines) is 1.